The summed E-state index contributed by atoms with van der Waals surface area (Å²) in [6, 6.07) is 7.03. The van der Waals surface area contributed by atoms with Gasteiger partial charge in [0.15, 0.2) is 0 Å². The fourth-order valence-corrected chi connectivity index (χ4v) is 2.25. The average Bonchev–Trinajstić information content (AvgIpc) is 2.58. The van der Waals surface area contributed by atoms with Crippen LogP contribution in [-0.2, 0) is 11.4 Å². The number of hydrogen-bond acceptors (Lipinski definition) is 4. The summed E-state index contributed by atoms with van der Waals surface area (Å²) in [5.74, 6) is -0.292. The van der Waals surface area contributed by atoms with Crippen LogP contribution >= 0.6 is 11.8 Å². The van der Waals surface area contributed by atoms with Gasteiger partial charge in [0.1, 0.15) is 5.25 Å². The van der Waals surface area contributed by atoms with E-state index in [9.17, 15) is 9.59 Å². The molecule has 1 aliphatic rings. The second-order valence-electron chi connectivity index (χ2n) is 3.18. The number of amides is 2. The van der Waals surface area contributed by atoms with Crippen LogP contribution in [0.5, 0.6) is 0 Å². The monoisotopic (exact) mass is 223 g/mol. The van der Waals surface area contributed by atoms with Crippen molar-refractivity contribution in [3.63, 3.8) is 0 Å². The third-order valence-corrected chi connectivity index (χ3v) is 3.16. The number of benzene rings is 1. The molecular formula is C10H9NO3S. The van der Waals surface area contributed by atoms with Crippen LogP contribution in [0.4, 0.5) is 4.79 Å². The normalized spacial score (nSPS) is 20.5. The molecule has 2 rings (SSSR count). The highest BCUT2D eigenvalue weighted by atomic mass is 32.2. The van der Waals surface area contributed by atoms with Gasteiger partial charge in [-0.3, -0.25) is 14.9 Å². The molecule has 0 spiro atoms. The maximum absolute atomic E-state index is 11.4. The number of nitrogens with one attached hydrogen (secondary N) is 1. The molecule has 5 heteroatoms. The van der Waals surface area contributed by atoms with E-state index in [0.717, 1.165) is 22.9 Å². The minimum absolute atomic E-state index is 0.0687. The van der Waals surface area contributed by atoms with E-state index >= 15 is 0 Å². The van der Waals surface area contributed by atoms with Gasteiger partial charge in [-0.1, -0.05) is 24.3 Å². The molecule has 0 aromatic heterocycles. The maximum Gasteiger partial charge on any atom is 0.286 e. The zero-order valence-electron chi connectivity index (χ0n) is 7.77. The zero-order chi connectivity index (χ0) is 10.8. The molecule has 2 N–H and O–H groups in total. The summed E-state index contributed by atoms with van der Waals surface area (Å²) in [4.78, 5) is 22.3. The lowest BCUT2D eigenvalue weighted by molar-refractivity contribution is -0.119. The Morgan fingerprint density at radius 2 is 2.20 bits per heavy atom. The molecule has 1 aromatic carbocycles. The lowest BCUT2D eigenvalue weighted by Crippen LogP contribution is -2.20. The molecule has 78 valence electrons. The molecule has 1 unspecified atom stereocenters. The Labute approximate surface area is 90.7 Å². The van der Waals surface area contributed by atoms with Gasteiger partial charge in [-0.05, 0) is 22.9 Å². The van der Waals surface area contributed by atoms with E-state index in [2.05, 4.69) is 5.32 Å². The third kappa shape index (κ3) is 2.03. The van der Waals surface area contributed by atoms with Crippen molar-refractivity contribution in [3.05, 3.63) is 35.4 Å². The highest BCUT2D eigenvalue weighted by molar-refractivity contribution is 8.15. The molecule has 0 aliphatic carbocycles. The first-order valence-electron chi connectivity index (χ1n) is 4.42. The Morgan fingerprint density at radius 1 is 1.40 bits per heavy atom. The van der Waals surface area contributed by atoms with Crippen LogP contribution in [0.1, 0.15) is 16.4 Å². The van der Waals surface area contributed by atoms with Crippen LogP contribution in [0.3, 0.4) is 0 Å². The number of carbonyl (C=O) groups excluding carboxylic acids is 2. The smallest absolute Gasteiger partial charge is 0.286 e. The van der Waals surface area contributed by atoms with Gasteiger partial charge >= 0.3 is 0 Å². The van der Waals surface area contributed by atoms with Gasteiger partial charge < -0.3 is 5.11 Å². The van der Waals surface area contributed by atoms with Crippen molar-refractivity contribution in [1.82, 2.24) is 5.32 Å². The van der Waals surface area contributed by atoms with Crippen LogP contribution < -0.4 is 5.32 Å². The molecule has 0 saturated carbocycles. The lowest BCUT2D eigenvalue weighted by Gasteiger charge is -2.06. The van der Waals surface area contributed by atoms with Crippen molar-refractivity contribution in [2.45, 2.75) is 11.9 Å². The second-order valence-corrected chi connectivity index (χ2v) is 4.26. The van der Waals surface area contributed by atoms with Gasteiger partial charge in [-0.25, -0.2) is 0 Å². The fraction of sp³-hybridized carbons (Fsp3) is 0.200. The van der Waals surface area contributed by atoms with E-state index in [-0.39, 0.29) is 17.8 Å². The minimum atomic E-state index is -0.482. The first-order valence-corrected chi connectivity index (χ1v) is 5.30. The number of aliphatic hydroxyl groups excluding tert-OH is 1. The Hall–Kier alpha value is -1.33. The minimum Gasteiger partial charge on any atom is -0.392 e. The molecule has 1 heterocycles. The Kier molecular flexibility index (Phi) is 2.75. The first-order chi connectivity index (χ1) is 7.20. The van der Waals surface area contributed by atoms with Gasteiger partial charge in [0.05, 0.1) is 6.61 Å². The van der Waals surface area contributed by atoms with Crippen molar-refractivity contribution in [2.24, 2.45) is 0 Å². The number of imide groups is 1. The molecule has 0 radical (unpaired) electrons. The maximum atomic E-state index is 11.4. The average molecular weight is 223 g/mol. The third-order valence-electron chi connectivity index (χ3n) is 2.12. The van der Waals surface area contributed by atoms with Crippen molar-refractivity contribution >= 4 is 22.9 Å². The first kappa shape index (κ1) is 10.2. The fourth-order valence-electron chi connectivity index (χ4n) is 1.43. The molecule has 2 amide bonds. The second kappa shape index (κ2) is 4.04. The summed E-state index contributed by atoms with van der Waals surface area (Å²) < 4.78 is 0. The van der Waals surface area contributed by atoms with Crippen molar-refractivity contribution in [1.29, 1.82) is 0 Å². The summed E-state index contributed by atoms with van der Waals surface area (Å²) in [6.45, 7) is -0.0687. The predicted octanol–water partition coefficient (Wildman–Crippen LogP) is 1.20. The van der Waals surface area contributed by atoms with E-state index in [4.69, 9.17) is 5.11 Å². The summed E-state index contributed by atoms with van der Waals surface area (Å²) in [5.41, 5.74) is 1.48. The number of aliphatic hydroxyl groups is 1. The van der Waals surface area contributed by atoms with Crippen LogP contribution in [0.25, 0.3) is 0 Å². The molecule has 1 atom stereocenters. The van der Waals surface area contributed by atoms with Gasteiger partial charge in [0.25, 0.3) is 5.24 Å². The van der Waals surface area contributed by atoms with Crippen LogP contribution in [0, 0.1) is 0 Å². The van der Waals surface area contributed by atoms with E-state index in [1.807, 2.05) is 0 Å². The van der Waals surface area contributed by atoms with Crippen molar-refractivity contribution < 1.29 is 14.7 Å². The molecule has 15 heavy (non-hydrogen) atoms. The topological polar surface area (TPSA) is 66.4 Å². The largest absolute Gasteiger partial charge is 0.392 e. The van der Waals surface area contributed by atoms with Gasteiger partial charge in [0, 0.05) is 0 Å². The summed E-state index contributed by atoms with van der Waals surface area (Å²) in [6.07, 6.45) is 0. The molecule has 1 aromatic rings. The number of thioether (sulfide) groups is 1. The lowest BCUT2D eigenvalue weighted by atomic mass is 10.1. The quantitative estimate of drug-likeness (QED) is 0.790. The van der Waals surface area contributed by atoms with Crippen LogP contribution in [-0.4, -0.2) is 16.3 Å². The Bertz CT molecular complexity index is 419. The summed E-state index contributed by atoms with van der Waals surface area (Å²) in [5, 5.41) is 10.4. The Balaban J connectivity index is 2.29. The molecular weight excluding hydrogens is 214 g/mol. The van der Waals surface area contributed by atoms with Crippen molar-refractivity contribution in [3.8, 4) is 0 Å². The number of rotatable bonds is 2. The van der Waals surface area contributed by atoms with Crippen LogP contribution in [0.2, 0.25) is 0 Å². The number of carbonyl (C=O) groups is 2. The predicted molar refractivity (Wildman–Crippen MR) is 56.2 cm³/mol. The van der Waals surface area contributed by atoms with Gasteiger partial charge in [0.2, 0.25) is 5.91 Å². The highest BCUT2D eigenvalue weighted by Crippen LogP contribution is 2.34. The van der Waals surface area contributed by atoms with E-state index in [1.165, 1.54) is 0 Å². The SMILES string of the molecule is O=C1NC(=O)C(c2cccc(CO)c2)S1. The van der Waals surface area contributed by atoms with E-state index in [0.29, 0.717) is 0 Å². The molecule has 1 fully saturated rings. The standard InChI is InChI=1S/C10H9NO3S/c12-5-6-2-1-3-7(4-6)8-9(13)11-10(14)15-8/h1-4,8,12H,5H2,(H,11,13,14). The molecule has 4 nitrogen and oxygen atoms in total. The molecule has 1 saturated heterocycles. The van der Waals surface area contributed by atoms with E-state index in [1.54, 1.807) is 24.3 Å². The van der Waals surface area contributed by atoms with Gasteiger partial charge in [-0.2, -0.15) is 0 Å². The van der Waals surface area contributed by atoms with E-state index < -0.39 is 5.25 Å². The zero-order valence-corrected chi connectivity index (χ0v) is 8.58. The molecule has 1 aliphatic heterocycles. The number of hydrogen-bond donors (Lipinski definition) is 2. The summed E-state index contributed by atoms with van der Waals surface area (Å²) in [7, 11) is 0. The van der Waals surface area contributed by atoms with Crippen LogP contribution in [0.15, 0.2) is 24.3 Å². The van der Waals surface area contributed by atoms with Gasteiger partial charge in [-0.15, -0.1) is 0 Å². The highest BCUT2D eigenvalue weighted by Gasteiger charge is 2.32. The Morgan fingerprint density at radius 3 is 2.80 bits per heavy atom. The van der Waals surface area contributed by atoms with Crippen molar-refractivity contribution in [2.75, 3.05) is 0 Å². The summed E-state index contributed by atoms with van der Waals surface area (Å²) >= 11 is 0.965. The molecule has 0 bridgehead atoms.